The van der Waals surface area contributed by atoms with Gasteiger partial charge in [-0.15, -0.1) is 12.4 Å². The van der Waals surface area contributed by atoms with E-state index in [1.807, 2.05) is 18.2 Å². The molecule has 0 bridgehead atoms. The Morgan fingerprint density at radius 2 is 2.00 bits per heavy atom. The molecule has 108 valence electrons. The van der Waals surface area contributed by atoms with E-state index in [9.17, 15) is 4.79 Å². The molecule has 0 amide bonds. The van der Waals surface area contributed by atoms with Crippen LogP contribution in [0.3, 0.4) is 0 Å². The lowest BCUT2D eigenvalue weighted by Crippen LogP contribution is -2.41. The zero-order chi connectivity index (χ0) is 13.2. The van der Waals surface area contributed by atoms with Gasteiger partial charge >= 0.3 is 5.97 Å². The molecule has 0 aromatic heterocycles. The molecule has 1 atom stereocenters. The summed E-state index contributed by atoms with van der Waals surface area (Å²) in [6.07, 6.45) is 3.04. The zero-order valence-electron chi connectivity index (χ0n) is 11.2. The van der Waals surface area contributed by atoms with Gasteiger partial charge in [-0.25, -0.2) is 0 Å². The van der Waals surface area contributed by atoms with Gasteiger partial charge in [-0.2, -0.15) is 0 Å². The van der Waals surface area contributed by atoms with E-state index in [2.05, 4.69) is 22.2 Å². The predicted molar refractivity (Wildman–Crippen MR) is 77.5 cm³/mol. The Bertz CT molecular complexity index is 346. The lowest BCUT2D eigenvalue weighted by Gasteiger charge is -2.13. The van der Waals surface area contributed by atoms with Crippen LogP contribution in [0.1, 0.15) is 18.4 Å². The van der Waals surface area contributed by atoms with E-state index in [4.69, 9.17) is 5.11 Å². The van der Waals surface area contributed by atoms with E-state index in [1.165, 1.54) is 12.7 Å². The van der Waals surface area contributed by atoms with E-state index in [-0.39, 0.29) is 19.0 Å². The number of aliphatic hydroxyl groups is 1. The van der Waals surface area contributed by atoms with E-state index in [1.54, 1.807) is 0 Å². The van der Waals surface area contributed by atoms with Gasteiger partial charge in [0.15, 0.2) is 0 Å². The van der Waals surface area contributed by atoms with Gasteiger partial charge in [0.05, 0.1) is 13.7 Å². The van der Waals surface area contributed by atoms with Gasteiger partial charge in [-0.1, -0.05) is 30.3 Å². The van der Waals surface area contributed by atoms with Crippen molar-refractivity contribution in [3.05, 3.63) is 35.9 Å². The van der Waals surface area contributed by atoms with Crippen LogP contribution in [-0.2, 0) is 16.0 Å². The third-order valence-electron chi connectivity index (χ3n) is 2.79. The third kappa shape index (κ3) is 7.15. The van der Waals surface area contributed by atoms with E-state index >= 15 is 0 Å². The Labute approximate surface area is 120 Å². The van der Waals surface area contributed by atoms with Crippen molar-refractivity contribution < 1.29 is 14.6 Å². The van der Waals surface area contributed by atoms with Crippen molar-refractivity contribution >= 4 is 18.4 Å². The normalized spacial score (nSPS) is 11.5. The summed E-state index contributed by atoms with van der Waals surface area (Å²) in [7, 11) is 1.32. The lowest BCUT2D eigenvalue weighted by atomic mass is 10.1. The van der Waals surface area contributed by atoms with Gasteiger partial charge in [0.25, 0.3) is 0 Å². The van der Waals surface area contributed by atoms with Gasteiger partial charge < -0.3 is 15.2 Å². The number of unbranched alkanes of at least 4 members (excludes halogenated alkanes) is 1. The minimum Gasteiger partial charge on any atom is -0.468 e. The van der Waals surface area contributed by atoms with Crippen LogP contribution >= 0.6 is 12.4 Å². The summed E-state index contributed by atoms with van der Waals surface area (Å²) >= 11 is 0. The second kappa shape index (κ2) is 10.8. The molecule has 1 unspecified atom stereocenters. The monoisotopic (exact) mass is 287 g/mol. The molecular weight excluding hydrogens is 266 g/mol. The number of nitrogens with one attached hydrogen (secondary N) is 1. The summed E-state index contributed by atoms with van der Waals surface area (Å²) in [4.78, 5) is 11.2. The number of benzene rings is 1. The summed E-state index contributed by atoms with van der Waals surface area (Å²) in [5, 5.41) is 12.0. The number of ether oxygens (including phenoxy) is 1. The second-order valence-corrected chi connectivity index (χ2v) is 4.16. The molecule has 1 aromatic rings. The number of esters is 1. The minimum atomic E-state index is -0.605. The number of hydrogen-bond donors (Lipinski definition) is 2. The van der Waals surface area contributed by atoms with Crippen molar-refractivity contribution in [3.63, 3.8) is 0 Å². The molecule has 0 spiro atoms. The predicted octanol–water partition coefficient (Wildman–Crippen LogP) is 1.55. The van der Waals surface area contributed by atoms with Gasteiger partial charge in [-0.3, -0.25) is 4.79 Å². The van der Waals surface area contributed by atoms with Crippen molar-refractivity contribution in [3.8, 4) is 0 Å². The summed E-state index contributed by atoms with van der Waals surface area (Å²) in [5.41, 5.74) is 1.32. The number of rotatable bonds is 8. The first-order valence-electron chi connectivity index (χ1n) is 6.24. The first-order valence-corrected chi connectivity index (χ1v) is 6.24. The third-order valence-corrected chi connectivity index (χ3v) is 2.79. The van der Waals surface area contributed by atoms with Gasteiger partial charge in [0, 0.05) is 0 Å². The van der Waals surface area contributed by atoms with Crippen molar-refractivity contribution in [2.75, 3.05) is 20.3 Å². The Balaban J connectivity index is 0.00000324. The Hall–Kier alpha value is -1.10. The Morgan fingerprint density at radius 3 is 2.58 bits per heavy atom. The quantitative estimate of drug-likeness (QED) is 0.563. The molecule has 0 aliphatic rings. The van der Waals surface area contributed by atoms with E-state index in [0.717, 1.165) is 19.3 Å². The minimum absolute atomic E-state index is 0. The lowest BCUT2D eigenvalue weighted by molar-refractivity contribution is -0.144. The molecule has 1 rings (SSSR count). The maximum atomic E-state index is 11.2. The van der Waals surface area contributed by atoms with Crippen molar-refractivity contribution in [1.82, 2.24) is 5.32 Å². The summed E-state index contributed by atoms with van der Waals surface area (Å²) in [5.74, 6) is -0.416. The van der Waals surface area contributed by atoms with Crippen LogP contribution in [0.5, 0.6) is 0 Å². The highest BCUT2D eigenvalue weighted by molar-refractivity contribution is 5.85. The Morgan fingerprint density at radius 1 is 1.32 bits per heavy atom. The van der Waals surface area contributed by atoms with Crippen molar-refractivity contribution in [2.24, 2.45) is 0 Å². The second-order valence-electron chi connectivity index (χ2n) is 4.16. The maximum absolute atomic E-state index is 11.2. The fourth-order valence-corrected chi connectivity index (χ4v) is 1.74. The van der Waals surface area contributed by atoms with Crippen molar-refractivity contribution in [1.29, 1.82) is 0 Å². The molecule has 5 heteroatoms. The molecule has 0 aliphatic carbocycles. The molecule has 0 heterocycles. The number of aryl methyl sites for hydroxylation is 1. The van der Waals surface area contributed by atoms with E-state index in [0.29, 0.717) is 6.54 Å². The van der Waals surface area contributed by atoms with E-state index < -0.39 is 12.0 Å². The molecule has 19 heavy (non-hydrogen) atoms. The standard InChI is InChI=1S/C14H21NO3.ClH/c1-18-14(17)13(11-16)15-10-6-5-9-12-7-3-2-4-8-12;/h2-4,7-8,13,15-16H,5-6,9-11H2,1H3;1H. The molecule has 4 nitrogen and oxygen atoms in total. The molecule has 1 aromatic carbocycles. The summed E-state index contributed by atoms with van der Waals surface area (Å²) < 4.78 is 4.57. The number of carbonyl (C=O) groups excluding carboxylic acids is 1. The van der Waals surface area contributed by atoms with Gasteiger partial charge in [0.2, 0.25) is 0 Å². The highest BCUT2D eigenvalue weighted by Crippen LogP contribution is 2.03. The summed E-state index contributed by atoms with van der Waals surface area (Å²) in [6.45, 7) is 0.471. The molecule has 2 N–H and O–H groups in total. The van der Waals surface area contributed by atoms with Crippen LogP contribution in [-0.4, -0.2) is 37.4 Å². The average Bonchev–Trinajstić information content (AvgIpc) is 2.43. The molecule has 0 radical (unpaired) electrons. The smallest absolute Gasteiger partial charge is 0.325 e. The highest BCUT2D eigenvalue weighted by atomic mass is 35.5. The van der Waals surface area contributed by atoms with Gasteiger partial charge in [0.1, 0.15) is 6.04 Å². The van der Waals surface area contributed by atoms with Crippen LogP contribution in [0.15, 0.2) is 30.3 Å². The average molecular weight is 288 g/mol. The fourth-order valence-electron chi connectivity index (χ4n) is 1.74. The van der Waals surface area contributed by atoms with Crippen LogP contribution in [0, 0.1) is 0 Å². The maximum Gasteiger partial charge on any atom is 0.325 e. The van der Waals surface area contributed by atoms with Gasteiger partial charge in [-0.05, 0) is 31.4 Å². The number of carbonyl (C=O) groups is 1. The largest absolute Gasteiger partial charge is 0.468 e. The summed E-state index contributed by atoms with van der Waals surface area (Å²) in [6, 6.07) is 9.69. The van der Waals surface area contributed by atoms with Crippen LogP contribution in [0.25, 0.3) is 0 Å². The Kier molecular flexibility index (Phi) is 10.2. The highest BCUT2D eigenvalue weighted by Gasteiger charge is 2.16. The number of methoxy groups -OCH3 is 1. The van der Waals surface area contributed by atoms with Crippen LogP contribution in [0.2, 0.25) is 0 Å². The molecule has 0 saturated heterocycles. The van der Waals surface area contributed by atoms with Crippen molar-refractivity contribution in [2.45, 2.75) is 25.3 Å². The molecule has 0 fully saturated rings. The fraction of sp³-hybridized carbons (Fsp3) is 0.500. The number of aliphatic hydroxyl groups excluding tert-OH is 1. The molecule has 0 saturated carbocycles. The molecular formula is C14H22ClNO3. The number of halogens is 1. The first-order chi connectivity index (χ1) is 8.77. The SMILES string of the molecule is COC(=O)C(CO)NCCCCc1ccccc1.Cl. The topological polar surface area (TPSA) is 58.6 Å². The zero-order valence-corrected chi connectivity index (χ0v) is 12.0. The molecule has 0 aliphatic heterocycles. The first kappa shape index (κ1) is 17.9. The van der Waals surface area contributed by atoms with Crippen LogP contribution in [0.4, 0.5) is 0 Å². The number of hydrogen-bond acceptors (Lipinski definition) is 4. The van der Waals surface area contributed by atoms with Crippen LogP contribution < -0.4 is 5.32 Å².